The quantitative estimate of drug-likeness (QED) is 0.846. The van der Waals surface area contributed by atoms with Crippen LogP contribution < -0.4 is 10.6 Å². The van der Waals surface area contributed by atoms with Crippen LogP contribution in [-0.4, -0.2) is 6.54 Å². The minimum Gasteiger partial charge on any atom is -0.399 e. The van der Waals surface area contributed by atoms with E-state index < -0.39 is 0 Å². The van der Waals surface area contributed by atoms with Gasteiger partial charge in [0.2, 0.25) is 0 Å². The van der Waals surface area contributed by atoms with E-state index in [9.17, 15) is 4.39 Å². The van der Waals surface area contributed by atoms with Gasteiger partial charge >= 0.3 is 0 Å². The second-order valence-electron chi connectivity index (χ2n) is 4.68. The summed E-state index contributed by atoms with van der Waals surface area (Å²) in [5.41, 5.74) is 9.71. The molecule has 2 aromatic rings. The number of aryl methyl sites for hydroxylation is 1. The van der Waals surface area contributed by atoms with Gasteiger partial charge in [0.25, 0.3) is 0 Å². The van der Waals surface area contributed by atoms with Crippen LogP contribution in [0.4, 0.5) is 15.8 Å². The molecule has 0 fully saturated rings. The van der Waals surface area contributed by atoms with E-state index >= 15 is 0 Å². The number of rotatable bonds is 4. The standard InChI is InChI=1S/C16H19FN2/c1-3-19(16-8-6-15(18)7-9-16)11-13-4-5-14(17)10-12(13)2/h4-10H,3,11,18H2,1-2H3. The smallest absolute Gasteiger partial charge is 0.123 e. The molecule has 0 bridgehead atoms. The van der Waals surface area contributed by atoms with Gasteiger partial charge in [0.05, 0.1) is 0 Å². The van der Waals surface area contributed by atoms with Gasteiger partial charge in [-0.15, -0.1) is 0 Å². The second kappa shape index (κ2) is 5.74. The number of anilines is 2. The van der Waals surface area contributed by atoms with E-state index in [1.54, 1.807) is 6.07 Å². The molecule has 0 spiro atoms. The molecule has 0 aliphatic rings. The molecule has 2 rings (SSSR count). The lowest BCUT2D eigenvalue weighted by Crippen LogP contribution is -2.22. The maximum absolute atomic E-state index is 13.1. The van der Waals surface area contributed by atoms with Crippen molar-refractivity contribution < 1.29 is 4.39 Å². The third-order valence-electron chi connectivity index (χ3n) is 3.31. The van der Waals surface area contributed by atoms with Crippen LogP contribution in [0.3, 0.4) is 0 Å². The highest BCUT2D eigenvalue weighted by molar-refractivity contribution is 5.53. The van der Waals surface area contributed by atoms with Crippen LogP contribution in [0.25, 0.3) is 0 Å². The van der Waals surface area contributed by atoms with Crippen molar-refractivity contribution in [3.05, 3.63) is 59.4 Å². The average molecular weight is 258 g/mol. The van der Waals surface area contributed by atoms with Crippen molar-refractivity contribution >= 4 is 11.4 Å². The first-order chi connectivity index (χ1) is 9.10. The molecule has 100 valence electrons. The zero-order chi connectivity index (χ0) is 13.8. The van der Waals surface area contributed by atoms with Gasteiger partial charge in [0, 0.05) is 24.5 Å². The Morgan fingerprint density at radius 2 is 1.79 bits per heavy atom. The molecule has 2 N–H and O–H groups in total. The summed E-state index contributed by atoms with van der Waals surface area (Å²) in [6.07, 6.45) is 0. The third-order valence-corrected chi connectivity index (χ3v) is 3.31. The Balaban J connectivity index is 2.21. The normalized spacial score (nSPS) is 10.5. The highest BCUT2D eigenvalue weighted by Crippen LogP contribution is 2.20. The number of nitrogens with zero attached hydrogens (tertiary/aromatic N) is 1. The van der Waals surface area contributed by atoms with Crippen molar-refractivity contribution in [2.24, 2.45) is 0 Å². The molecule has 0 amide bonds. The van der Waals surface area contributed by atoms with E-state index in [0.29, 0.717) is 0 Å². The number of benzene rings is 2. The first-order valence-corrected chi connectivity index (χ1v) is 6.45. The highest BCUT2D eigenvalue weighted by atomic mass is 19.1. The van der Waals surface area contributed by atoms with Crippen LogP contribution in [0.5, 0.6) is 0 Å². The molecule has 2 aromatic carbocycles. The first-order valence-electron chi connectivity index (χ1n) is 6.45. The molecule has 2 nitrogen and oxygen atoms in total. The number of hydrogen-bond donors (Lipinski definition) is 1. The average Bonchev–Trinajstić information content (AvgIpc) is 2.39. The number of nitrogen functional groups attached to an aromatic ring is 1. The lowest BCUT2D eigenvalue weighted by Gasteiger charge is -2.24. The maximum Gasteiger partial charge on any atom is 0.123 e. The molecule has 0 aromatic heterocycles. The van der Waals surface area contributed by atoms with Crippen LogP contribution in [0.2, 0.25) is 0 Å². The summed E-state index contributed by atoms with van der Waals surface area (Å²) >= 11 is 0. The van der Waals surface area contributed by atoms with Crippen molar-refractivity contribution in [3.8, 4) is 0 Å². The van der Waals surface area contributed by atoms with Crippen LogP contribution in [-0.2, 0) is 6.54 Å². The largest absolute Gasteiger partial charge is 0.399 e. The molecule has 3 heteroatoms. The van der Waals surface area contributed by atoms with Crippen molar-refractivity contribution in [2.75, 3.05) is 17.2 Å². The molecular formula is C16H19FN2. The monoisotopic (exact) mass is 258 g/mol. The zero-order valence-electron chi connectivity index (χ0n) is 11.4. The Labute approximate surface area is 113 Å². The Kier molecular flexibility index (Phi) is 4.05. The Bertz CT molecular complexity index is 549. The topological polar surface area (TPSA) is 29.3 Å². The summed E-state index contributed by atoms with van der Waals surface area (Å²) in [6.45, 7) is 5.71. The predicted octanol–water partition coefficient (Wildman–Crippen LogP) is 3.74. The Morgan fingerprint density at radius 3 is 2.37 bits per heavy atom. The summed E-state index contributed by atoms with van der Waals surface area (Å²) in [7, 11) is 0. The van der Waals surface area contributed by atoms with Crippen LogP contribution >= 0.6 is 0 Å². The first kappa shape index (κ1) is 13.4. The van der Waals surface area contributed by atoms with E-state index in [0.717, 1.165) is 35.6 Å². The summed E-state index contributed by atoms with van der Waals surface area (Å²) in [6, 6.07) is 12.8. The molecule has 0 radical (unpaired) electrons. The number of hydrogen-bond acceptors (Lipinski definition) is 2. The highest BCUT2D eigenvalue weighted by Gasteiger charge is 2.07. The van der Waals surface area contributed by atoms with Crippen LogP contribution in [0.15, 0.2) is 42.5 Å². The predicted molar refractivity (Wildman–Crippen MR) is 78.7 cm³/mol. The van der Waals surface area contributed by atoms with Crippen molar-refractivity contribution in [3.63, 3.8) is 0 Å². The molecule has 0 atom stereocenters. The van der Waals surface area contributed by atoms with E-state index in [2.05, 4.69) is 11.8 Å². The SMILES string of the molecule is CCN(Cc1ccc(F)cc1C)c1ccc(N)cc1. The Hall–Kier alpha value is -2.03. The number of nitrogens with two attached hydrogens (primary N) is 1. The molecule has 19 heavy (non-hydrogen) atoms. The molecule has 0 aliphatic carbocycles. The summed E-state index contributed by atoms with van der Waals surface area (Å²) < 4.78 is 13.1. The van der Waals surface area contributed by atoms with Crippen molar-refractivity contribution in [1.29, 1.82) is 0 Å². The van der Waals surface area contributed by atoms with Gasteiger partial charge < -0.3 is 10.6 Å². The van der Waals surface area contributed by atoms with E-state index in [1.807, 2.05) is 37.3 Å². The lowest BCUT2D eigenvalue weighted by atomic mass is 10.1. The molecule has 0 unspecified atom stereocenters. The zero-order valence-corrected chi connectivity index (χ0v) is 11.4. The molecule has 0 saturated heterocycles. The van der Waals surface area contributed by atoms with Gasteiger partial charge in [-0.25, -0.2) is 4.39 Å². The maximum atomic E-state index is 13.1. The fourth-order valence-corrected chi connectivity index (χ4v) is 2.11. The Morgan fingerprint density at radius 1 is 1.11 bits per heavy atom. The van der Waals surface area contributed by atoms with Crippen LogP contribution in [0.1, 0.15) is 18.1 Å². The van der Waals surface area contributed by atoms with Crippen molar-refractivity contribution in [2.45, 2.75) is 20.4 Å². The van der Waals surface area contributed by atoms with Gasteiger partial charge in [-0.1, -0.05) is 6.07 Å². The summed E-state index contributed by atoms with van der Waals surface area (Å²) in [5.74, 6) is -0.184. The van der Waals surface area contributed by atoms with Gasteiger partial charge in [-0.05, 0) is 61.4 Å². The van der Waals surface area contributed by atoms with Crippen molar-refractivity contribution in [1.82, 2.24) is 0 Å². The van der Waals surface area contributed by atoms with E-state index in [-0.39, 0.29) is 5.82 Å². The van der Waals surface area contributed by atoms with Gasteiger partial charge in [-0.3, -0.25) is 0 Å². The lowest BCUT2D eigenvalue weighted by molar-refractivity contribution is 0.625. The second-order valence-corrected chi connectivity index (χ2v) is 4.68. The van der Waals surface area contributed by atoms with E-state index in [1.165, 1.54) is 6.07 Å². The van der Waals surface area contributed by atoms with E-state index in [4.69, 9.17) is 5.73 Å². The molecule has 0 saturated carbocycles. The molecular weight excluding hydrogens is 239 g/mol. The molecule has 0 aliphatic heterocycles. The summed E-state index contributed by atoms with van der Waals surface area (Å²) in [4.78, 5) is 2.24. The van der Waals surface area contributed by atoms with Crippen LogP contribution in [0, 0.1) is 12.7 Å². The molecule has 0 heterocycles. The van der Waals surface area contributed by atoms with Gasteiger partial charge in [0.1, 0.15) is 5.82 Å². The minimum atomic E-state index is -0.184. The summed E-state index contributed by atoms with van der Waals surface area (Å²) in [5, 5.41) is 0. The third kappa shape index (κ3) is 3.25. The fraction of sp³-hybridized carbons (Fsp3) is 0.250. The number of halogens is 1. The fourth-order valence-electron chi connectivity index (χ4n) is 2.11. The van der Waals surface area contributed by atoms with Gasteiger partial charge in [0.15, 0.2) is 0 Å². The minimum absolute atomic E-state index is 0.184. The van der Waals surface area contributed by atoms with Gasteiger partial charge in [-0.2, -0.15) is 0 Å².